The zero-order valence-electron chi connectivity index (χ0n) is 8.67. The molecule has 4 nitrogen and oxygen atoms in total. The van der Waals surface area contributed by atoms with Gasteiger partial charge in [0, 0.05) is 12.8 Å². The molecule has 0 aromatic heterocycles. The molecule has 0 unspecified atom stereocenters. The van der Waals surface area contributed by atoms with Crippen molar-refractivity contribution < 1.29 is 19.1 Å². The number of Topliss-reactive ketones (excluding diaryl/α,β-unsaturated/α-hetero) is 2. The van der Waals surface area contributed by atoms with E-state index >= 15 is 0 Å². The van der Waals surface area contributed by atoms with Gasteiger partial charge >= 0.3 is 5.97 Å². The summed E-state index contributed by atoms with van der Waals surface area (Å²) in [5.41, 5.74) is 0. The second-order valence-corrected chi connectivity index (χ2v) is 3.03. The molecule has 0 aliphatic rings. The number of rotatable bonds is 7. The van der Waals surface area contributed by atoms with E-state index in [0.29, 0.717) is 0 Å². The van der Waals surface area contributed by atoms with Crippen LogP contribution in [0.5, 0.6) is 0 Å². The van der Waals surface area contributed by atoms with Crippen LogP contribution >= 0.6 is 0 Å². The number of ketones is 2. The van der Waals surface area contributed by atoms with Gasteiger partial charge in [0.2, 0.25) is 0 Å². The molecular formula is C10H16O4. The molecule has 0 aromatic rings. The molecule has 0 bridgehead atoms. The first-order chi connectivity index (χ1) is 6.61. The predicted octanol–water partition coefficient (Wildman–Crippen LogP) is 1.27. The van der Waals surface area contributed by atoms with E-state index in [9.17, 15) is 14.4 Å². The summed E-state index contributed by atoms with van der Waals surface area (Å²) in [6.45, 7) is 1.95. The lowest BCUT2D eigenvalue weighted by Gasteiger charge is -1.98. The number of methoxy groups -OCH3 is 1. The highest BCUT2D eigenvalue weighted by Gasteiger charge is 2.14. The zero-order valence-corrected chi connectivity index (χ0v) is 8.67. The largest absolute Gasteiger partial charge is 0.469 e. The molecule has 4 heteroatoms. The average molecular weight is 200 g/mol. The maximum Gasteiger partial charge on any atom is 0.305 e. The van der Waals surface area contributed by atoms with E-state index in [1.165, 1.54) is 7.11 Å². The van der Waals surface area contributed by atoms with E-state index in [4.69, 9.17) is 0 Å². The number of carbonyl (C=O) groups is 3. The first kappa shape index (κ1) is 12.8. The lowest BCUT2D eigenvalue weighted by molar-refractivity contribution is -0.143. The van der Waals surface area contributed by atoms with Gasteiger partial charge < -0.3 is 4.74 Å². The van der Waals surface area contributed by atoms with Crippen LogP contribution in [0.3, 0.4) is 0 Å². The Morgan fingerprint density at radius 3 is 2.07 bits per heavy atom. The number of hydrogen-bond acceptors (Lipinski definition) is 4. The van der Waals surface area contributed by atoms with Gasteiger partial charge in [0.05, 0.1) is 13.5 Å². The van der Waals surface area contributed by atoms with Crippen molar-refractivity contribution in [1.82, 2.24) is 0 Å². The molecule has 14 heavy (non-hydrogen) atoms. The summed E-state index contributed by atoms with van der Waals surface area (Å²) in [6.07, 6.45) is 1.86. The third-order valence-electron chi connectivity index (χ3n) is 1.85. The Bertz CT molecular complexity index is 220. The third kappa shape index (κ3) is 5.45. The van der Waals surface area contributed by atoms with Gasteiger partial charge in [-0.2, -0.15) is 0 Å². The van der Waals surface area contributed by atoms with Crippen molar-refractivity contribution in [3.05, 3.63) is 0 Å². The minimum absolute atomic E-state index is 0.00675. The molecule has 0 aliphatic heterocycles. The van der Waals surface area contributed by atoms with Gasteiger partial charge in [0.25, 0.3) is 0 Å². The highest BCUT2D eigenvalue weighted by atomic mass is 16.5. The first-order valence-electron chi connectivity index (χ1n) is 4.74. The Balaban J connectivity index is 3.73. The van der Waals surface area contributed by atoms with Gasteiger partial charge in [-0.05, 0) is 6.42 Å². The number of unbranched alkanes of at least 4 members (excludes halogenated alkanes) is 1. The van der Waals surface area contributed by atoms with E-state index < -0.39 is 11.8 Å². The van der Waals surface area contributed by atoms with Gasteiger partial charge in [-0.25, -0.2) is 0 Å². The Labute approximate surface area is 83.6 Å². The summed E-state index contributed by atoms with van der Waals surface area (Å²) in [6, 6.07) is 0. The van der Waals surface area contributed by atoms with Crippen LogP contribution in [0.25, 0.3) is 0 Å². The highest BCUT2D eigenvalue weighted by Crippen LogP contribution is 2.01. The highest BCUT2D eigenvalue weighted by molar-refractivity contribution is 6.37. The quantitative estimate of drug-likeness (QED) is 0.458. The summed E-state index contributed by atoms with van der Waals surface area (Å²) in [5.74, 6) is -1.30. The second kappa shape index (κ2) is 7.24. The molecule has 0 radical (unpaired) electrons. The van der Waals surface area contributed by atoms with Crippen LogP contribution in [0, 0.1) is 0 Å². The Kier molecular flexibility index (Phi) is 6.62. The van der Waals surface area contributed by atoms with Crippen molar-refractivity contribution in [2.75, 3.05) is 7.11 Å². The van der Waals surface area contributed by atoms with Crippen LogP contribution in [0.2, 0.25) is 0 Å². The van der Waals surface area contributed by atoms with Crippen molar-refractivity contribution in [3.8, 4) is 0 Å². The van der Waals surface area contributed by atoms with Crippen LogP contribution in [0.15, 0.2) is 0 Å². The summed E-state index contributed by atoms with van der Waals surface area (Å²) in [4.78, 5) is 32.9. The molecule has 0 N–H and O–H groups in total. The van der Waals surface area contributed by atoms with Crippen LogP contribution < -0.4 is 0 Å². The molecule has 0 heterocycles. The fourth-order valence-electron chi connectivity index (χ4n) is 0.934. The van der Waals surface area contributed by atoms with Crippen LogP contribution in [0.1, 0.15) is 39.0 Å². The second-order valence-electron chi connectivity index (χ2n) is 3.03. The Hall–Kier alpha value is -1.19. The predicted molar refractivity (Wildman–Crippen MR) is 50.8 cm³/mol. The van der Waals surface area contributed by atoms with Gasteiger partial charge in [0.1, 0.15) is 0 Å². The normalized spacial score (nSPS) is 9.57. The van der Waals surface area contributed by atoms with E-state index in [1.54, 1.807) is 0 Å². The number of carbonyl (C=O) groups excluding carboxylic acids is 3. The van der Waals surface area contributed by atoms with Gasteiger partial charge in [-0.15, -0.1) is 0 Å². The minimum atomic E-state index is -0.469. The smallest absolute Gasteiger partial charge is 0.305 e. The van der Waals surface area contributed by atoms with Crippen LogP contribution in [-0.2, 0) is 19.1 Å². The maximum absolute atomic E-state index is 11.1. The van der Waals surface area contributed by atoms with Gasteiger partial charge in [-0.3, -0.25) is 14.4 Å². The first-order valence-corrected chi connectivity index (χ1v) is 4.74. The topological polar surface area (TPSA) is 60.4 Å². The molecule has 0 amide bonds. The molecule has 0 saturated heterocycles. The summed E-state index contributed by atoms with van der Waals surface area (Å²) in [5, 5.41) is 0. The van der Waals surface area contributed by atoms with E-state index in [1.807, 2.05) is 6.92 Å². The molecular weight excluding hydrogens is 184 g/mol. The lowest BCUT2D eigenvalue weighted by Crippen LogP contribution is -2.15. The van der Waals surface area contributed by atoms with Gasteiger partial charge in [0.15, 0.2) is 11.6 Å². The molecule has 0 aromatic carbocycles. The van der Waals surface area contributed by atoms with Crippen LogP contribution in [-0.4, -0.2) is 24.6 Å². The van der Waals surface area contributed by atoms with E-state index in [0.717, 1.165) is 12.8 Å². The van der Waals surface area contributed by atoms with Crippen molar-refractivity contribution in [2.24, 2.45) is 0 Å². The Morgan fingerprint density at radius 2 is 1.57 bits per heavy atom. The fourth-order valence-corrected chi connectivity index (χ4v) is 0.934. The zero-order chi connectivity index (χ0) is 11.0. The summed E-state index contributed by atoms with van der Waals surface area (Å²) >= 11 is 0. The van der Waals surface area contributed by atoms with Crippen LogP contribution in [0.4, 0.5) is 0 Å². The standard InChI is InChI=1S/C10H16O4/c1-3-4-5-8(11)9(12)6-7-10(13)14-2/h3-7H2,1-2H3. The summed E-state index contributed by atoms with van der Waals surface area (Å²) < 4.78 is 4.36. The van der Waals surface area contributed by atoms with E-state index in [-0.39, 0.29) is 25.0 Å². The molecule has 0 saturated carbocycles. The summed E-state index contributed by atoms with van der Waals surface area (Å²) in [7, 11) is 1.26. The monoisotopic (exact) mass is 200 g/mol. The third-order valence-corrected chi connectivity index (χ3v) is 1.85. The van der Waals surface area contributed by atoms with Gasteiger partial charge in [-0.1, -0.05) is 13.3 Å². The molecule has 0 fully saturated rings. The number of ether oxygens (including phenoxy) is 1. The van der Waals surface area contributed by atoms with Crippen molar-refractivity contribution in [1.29, 1.82) is 0 Å². The van der Waals surface area contributed by atoms with Crippen molar-refractivity contribution in [2.45, 2.75) is 39.0 Å². The molecule has 0 spiro atoms. The number of esters is 1. The molecule has 0 aliphatic carbocycles. The number of hydrogen-bond donors (Lipinski definition) is 0. The van der Waals surface area contributed by atoms with Crippen molar-refractivity contribution >= 4 is 17.5 Å². The molecule has 0 rings (SSSR count). The lowest BCUT2D eigenvalue weighted by atomic mass is 10.1. The van der Waals surface area contributed by atoms with Crippen molar-refractivity contribution in [3.63, 3.8) is 0 Å². The molecule has 80 valence electrons. The SMILES string of the molecule is CCCCC(=O)C(=O)CCC(=O)OC. The minimum Gasteiger partial charge on any atom is -0.469 e. The van der Waals surface area contributed by atoms with E-state index in [2.05, 4.69) is 4.74 Å². The fraction of sp³-hybridized carbons (Fsp3) is 0.700. The average Bonchev–Trinajstić information content (AvgIpc) is 2.21. The molecule has 0 atom stereocenters. The maximum atomic E-state index is 11.1. The Morgan fingerprint density at radius 1 is 1.00 bits per heavy atom.